The fourth-order valence-electron chi connectivity index (χ4n) is 3.04. The molecular formula is C16H33NO2. The van der Waals surface area contributed by atoms with Crippen LogP contribution in [0.4, 0.5) is 0 Å². The summed E-state index contributed by atoms with van der Waals surface area (Å²) in [4.78, 5) is 0. The second-order valence-corrected chi connectivity index (χ2v) is 6.04. The molecule has 0 heterocycles. The predicted octanol–water partition coefficient (Wildman–Crippen LogP) is 3.37. The molecule has 0 amide bonds. The van der Waals surface area contributed by atoms with Gasteiger partial charge in [0, 0.05) is 7.11 Å². The van der Waals surface area contributed by atoms with Gasteiger partial charge in [0.1, 0.15) is 0 Å². The Balaban J connectivity index is 2.55. The topological polar surface area (TPSA) is 30.5 Å². The number of nitrogens with one attached hydrogen (secondary N) is 1. The Labute approximate surface area is 119 Å². The van der Waals surface area contributed by atoms with E-state index < -0.39 is 0 Å². The maximum Gasteiger partial charge on any atom is 0.0774 e. The van der Waals surface area contributed by atoms with Crippen LogP contribution >= 0.6 is 0 Å². The third kappa shape index (κ3) is 6.24. The quantitative estimate of drug-likeness (QED) is 0.697. The summed E-state index contributed by atoms with van der Waals surface area (Å²) in [5.41, 5.74) is 0. The lowest BCUT2D eigenvalue weighted by atomic mass is 9.82. The number of rotatable bonds is 9. The largest absolute Gasteiger partial charge is 0.379 e. The Morgan fingerprint density at radius 2 is 1.84 bits per heavy atom. The van der Waals surface area contributed by atoms with E-state index in [9.17, 15) is 0 Å². The Morgan fingerprint density at radius 3 is 2.37 bits per heavy atom. The van der Waals surface area contributed by atoms with Crippen molar-refractivity contribution in [1.82, 2.24) is 5.32 Å². The van der Waals surface area contributed by atoms with Crippen LogP contribution in [-0.2, 0) is 9.47 Å². The molecule has 3 nitrogen and oxygen atoms in total. The van der Waals surface area contributed by atoms with Crippen LogP contribution in [-0.4, -0.2) is 38.5 Å². The zero-order valence-corrected chi connectivity index (χ0v) is 13.3. The monoisotopic (exact) mass is 271 g/mol. The van der Waals surface area contributed by atoms with Crippen molar-refractivity contribution in [2.45, 2.75) is 77.5 Å². The van der Waals surface area contributed by atoms with Gasteiger partial charge in [0.05, 0.1) is 24.9 Å². The molecule has 19 heavy (non-hydrogen) atoms. The standard InChI is InChI=1S/C16H33NO2/c1-5-11-17-15(12-19-13(2)3)16(18-4)14-9-7-6-8-10-14/h13-17H,5-12H2,1-4H3. The second-order valence-electron chi connectivity index (χ2n) is 6.04. The molecule has 3 heteroatoms. The van der Waals surface area contributed by atoms with Crippen LogP contribution < -0.4 is 5.32 Å². The third-order valence-corrected chi connectivity index (χ3v) is 4.05. The molecule has 1 saturated carbocycles. The van der Waals surface area contributed by atoms with Crippen LogP contribution in [0.15, 0.2) is 0 Å². The van der Waals surface area contributed by atoms with E-state index in [0.29, 0.717) is 18.1 Å². The van der Waals surface area contributed by atoms with Crippen LogP contribution in [0.3, 0.4) is 0 Å². The average molecular weight is 271 g/mol. The summed E-state index contributed by atoms with van der Waals surface area (Å²) in [5, 5.41) is 3.62. The highest BCUT2D eigenvalue weighted by Gasteiger charge is 2.30. The Hall–Kier alpha value is -0.120. The fraction of sp³-hybridized carbons (Fsp3) is 1.00. The summed E-state index contributed by atoms with van der Waals surface area (Å²) in [6.07, 6.45) is 8.46. The van der Waals surface area contributed by atoms with E-state index >= 15 is 0 Å². The maximum absolute atomic E-state index is 5.84. The molecule has 2 atom stereocenters. The minimum absolute atomic E-state index is 0.287. The second kappa shape index (κ2) is 9.73. The molecular weight excluding hydrogens is 238 g/mol. The molecule has 1 N–H and O–H groups in total. The summed E-state index contributed by atoms with van der Waals surface area (Å²) in [7, 11) is 1.86. The molecule has 0 radical (unpaired) electrons. The molecule has 1 rings (SSSR count). The van der Waals surface area contributed by atoms with Crippen molar-refractivity contribution in [3.05, 3.63) is 0 Å². The van der Waals surface area contributed by atoms with Gasteiger partial charge in [-0.15, -0.1) is 0 Å². The Morgan fingerprint density at radius 1 is 1.16 bits per heavy atom. The maximum atomic E-state index is 5.84. The molecule has 0 aromatic rings. The number of methoxy groups -OCH3 is 1. The SMILES string of the molecule is CCCNC(COC(C)C)C(OC)C1CCCCC1. The predicted molar refractivity (Wildman–Crippen MR) is 80.5 cm³/mol. The van der Waals surface area contributed by atoms with Gasteiger partial charge in [0.2, 0.25) is 0 Å². The molecule has 0 bridgehead atoms. The van der Waals surface area contributed by atoms with Crippen LogP contribution in [0.1, 0.15) is 59.3 Å². The number of hydrogen-bond acceptors (Lipinski definition) is 3. The van der Waals surface area contributed by atoms with Crippen molar-refractivity contribution in [3.63, 3.8) is 0 Å². The molecule has 1 aliphatic carbocycles. The summed E-state index contributed by atoms with van der Waals surface area (Å²) < 4.78 is 11.7. The van der Waals surface area contributed by atoms with E-state index in [4.69, 9.17) is 9.47 Å². The molecule has 0 aromatic heterocycles. The first-order chi connectivity index (χ1) is 9.19. The normalized spacial score (nSPS) is 20.7. The van der Waals surface area contributed by atoms with Crippen LogP contribution in [0.2, 0.25) is 0 Å². The first kappa shape index (κ1) is 16.9. The van der Waals surface area contributed by atoms with Gasteiger partial charge in [0.25, 0.3) is 0 Å². The van der Waals surface area contributed by atoms with Gasteiger partial charge in [-0.05, 0) is 45.6 Å². The van der Waals surface area contributed by atoms with Gasteiger partial charge in [-0.3, -0.25) is 0 Å². The van der Waals surface area contributed by atoms with Gasteiger partial charge in [-0.2, -0.15) is 0 Å². The smallest absolute Gasteiger partial charge is 0.0774 e. The Kier molecular flexibility index (Phi) is 8.67. The molecule has 1 fully saturated rings. The minimum atomic E-state index is 0.287. The fourth-order valence-corrected chi connectivity index (χ4v) is 3.04. The molecule has 2 unspecified atom stereocenters. The van der Waals surface area contributed by atoms with E-state index in [1.54, 1.807) is 0 Å². The van der Waals surface area contributed by atoms with E-state index in [1.165, 1.54) is 32.1 Å². The highest BCUT2D eigenvalue weighted by Crippen LogP contribution is 2.29. The molecule has 114 valence electrons. The lowest BCUT2D eigenvalue weighted by Gasteiger charge is -2.35. The molecule has 0 spiro atoms. The van der Waals surface area contributed by atoms with Gasteiger partial charge in [-0.1, -0.05) is 26.2 Å². The van der Waals surface area contributed by atoms with E-state index in [1.807, 2.05) is 7.11 Å². The van der Waals surface area contributed by atoms with Crippen molar-refractivity contribution < 1.29 is 9.47 Å². The summed E-state index contributed by atoms with van der Waals surface area (Å²) in [6, 6.07) is 0.329. The van der Waals surface area contributed by atoms with Crippen molar-refractivity contribution >= 4 is 0 Å². The van der Waals surface area contributed by atoms with E-state index in [-0.39, 0.29) is 6.10 Å². The lowest BCUT2D eigenvalue weighted by Crippen LogP contribution is -2.49. The zero-order valence-electron chi connectivity index (χ0n) is 13.3. The third-order valence-electron chi connectivity index (χ3n) is 4.05. The lowest BCUT2D eigenvalue weighted by molar-refractivity contribution is -0.0311. The van der Waals surface area contributed by atoms with Gasteiger partial charge >= 0.3 is 0 Å². The van der Waals surface area contributed by atoms with Gasteiger partial charge in [-0.25, -0.2) is 0 Å². The summed E-state index contributed by atoms with van der Waals surface area (Å²) >= 11 is 0. The van der Waals surface area contributed by atoms with Crippen molar-refractivity contribution in [2.75, 3.05) is 20.3 Å². The summed E-state index contributed by atoms with van der Waals surface area (Å²) in [6.45, 7) is 8.19. The molecule has 0 saturated heterocycles. The minimum Gasteiger partial charge on any atom is -0.379 e. The molecule has 0 aliphatic heterocycles. The van der Waals surface area contributed by atoms with Crippen LogP contribution in [0, 0.1) is 5.92 Å². The number of hydrogen-bond donors (Lipinski definition) is 1. The first-order valence-corrected chi connectivity index (χ1v) is 8.06. The highest BCUT2D eigenvalue weighted by molar-refractivity contribution is 4.85. The van der Waals surface area contributed by atoms with Crippen molar-refractivity contribution in [2.24, 2.45) is 5.92 Å². The molecule has 0 aromatic carbocycles. The van der Waals surface area contributed by atoms with E-state index in [0.717, 1.165) is 19.6 Å². The first-order valence-electron chi connectivity index (χ1n) is 8.06. The number of ether oxygens (including phenoxy) is 2. The van der Waals surface area contributed by atoms with Crippen molar-refractivity contribution in [3.8, 4) is 0 Å². The van der Waals surface area contributed by atoms with Gasteiger partial charge < -0.3 is 14.8 Å². The molecule has 1 aliphatic rings. The zero-order chi connectivity index (χ0) is 14.1. The van der Waals surface area contributed by atoms with Crippen LogP contribution in [0.25, 0.3) is 0 Å². The Bertz CT molecular complexity index is 215. The average Bonchev–Trinajstić information content (AvgIpc) is 2.43. The van der Waals surface area contributed by atoms with Crippen molar-refractivity contribution in [1.29, 1.82) is 0 Å². The van der Waals surface area contributed by atoms with E-state index in [2.05, 4.69) is 26.1 Å². The summed E-state index contributed by atoms with van der Waals surface area (Å²) in [5.74, 6) is 0.698. The van der Waals surface area contributed by atoms with Gasteiger partial charge in [0.15, 0.2) is 0 Å². The highest BCUT2D eigenvalue weighted by atomic mass is 16.5. The van der Waals surface area contributed by atoms with Crippen LogP contribution in [0.5, 0.6) is 0 Å².